The van der Waals surface area contributed by atoms with Crippen LogP contribution < -0.4 is 5.32 Å². The lowest BCUT2D eigenvalue weighted by molar-refractivity contribution is -0.366. The van der Waals surface area contributed by atoms with Crippen molar-refractivity contribution in [2.24, 2.45) is 16.7 Å². The number of carbonyl (C=O) groups is 2. The van der Waals surface area contributed by atoms with Crippen molar-refractivity contribution >= 4 is 11.9 Å². The fourth-order valence-corrected chi connectivity index (χ4v) is 10.0. The van der Waals surface area contributed by atoms with Crippen molar-refractivity contribution in [1.29, 1.82) is 0 Å². The molecule has 6 N–H and O–H groups in total. The minimum absolute atomic E-state index is 0.0372. The summed E-state index contributed by atoms with van der Waals surface area (Å²) in [6.45, 7) is 7.47. The van der Waals surface area contributed by atoms with Crippen LogP contribution in [-0.2, 0) is 23.7 Å². The lowest BCUT2D eigenvalue weighted by atomic mass is 9.45. The van der Waals surface area contributed by atoms with Gasteiger partial charge >= 0.3 is 5.97 Å². The Morgan fingerprint density at radius 2 is 1.62 bits per heavy atom. The van der Waals surface area contributed by atoms with E-state index < -0.39 is 88.8 Å². The van der Waals surface area contributed by atoms with Gasteiger partial charge < -0.3 is 49.8 Å². The van der Waals surface area contributed by atoms with Crippen molar-refractivity contribution in [2.45, 2.75) is 126 Å². The van der Waals surface area contributed by atoms with E-state index in [9.17, 15) is 35.1 Å². The molecule has 288 valence electrons. The molecule has 1 unspecified atom stereocenters. The Bertz CT molecular complexity index is 1700. The first kappa shape index (κ1) is 38.1. The minimum atomic E-state index is -1.90. The van der Waals surface area contributed by atoms with Gasteiger partial charge in [-0.05, 0) is 67.9 Å². The Hall–Kier alpha value is -3.20. The van der Waals surface area contributed by atoms with Gasteiger partial charge in [0.2, 0.25) is 0 Å². The molecule has 0 radical (unpaired) electrons. The molecule has 0 aromatic heterocycles. The first-order valence-corrected chi connectivity index (χ1v) is 18.8. The number of carbonyl (C=O) groups excluding carboxylic acids is 2. The maximum Gasteiger partial charge on any atom is 0.338 e. The lowest BCUT2D eigenvalue weighted by Gasteiger charge is -2.68. The van der Waals surface area contributed by atoms with Crippen molar-refractivity contribution in [3.8, 4) is 0 Å². The molecule has 0 spiro atoms. The quantitative estimate of drug-likeness (QED) is 0.173. The van der Waals surface area contributed by atoms with E-state index in [2.05, 4.69) is 5.32 Å². The van der Waals surface area contributed by atoms with Gasteiger partial charge in [0.05, 0.1) is 31.0 Å². The van der Waals surface area contributed by atoms with Crippen LogP contribution in [0.1, 0.15) is 88.2 Å². The molecular weight excluding hydrogens is 682 g/mol. The van der Waals surface area contributed by atoms with Crippen LogP contribution in [0.5, 0.6) is 0 Å². The summed E-state index contributed by atoms with van der Waals surface area (Å²) in [5, 5.41) is 64.4. The molecule has 2 aromatic rings. The van der Waals surface area contributed by atoms with E-state index in [-0.39, 0.29) is 13.0 Å². The zero-order chi connectivity index (χ0) is 37.9. The van der Waals surface area contributed by atoms with Crippen LogP contribution in [0, 0.1) is 16.7 Å². The molecule has 2 saturated carbocycles. The van der Waals surface area contributed by atoms with Crippen LogP contribution in [0.3, 0.4) is 0 Å². The van der Waals surface area contributed by atoms with Crippen LogP contribution in [0.25, 0.3) is 0 Å². The van der Waals surface area contributed by atoms with Crippen molar-refractivity contribution in [2.75, 3.05) is 13.2 Å². The van der Waals surface area contributed by atoms with Gasteiger partial charge in [-0.2, -0.15) is 0 Å². The molecule has 12 nitrogen and oxygen atoms in total. The third-order valence-electron chi connectivity index (χ3n) is 13.2. The Balaban J connectivity index is 1.27. The number of hydrogen-bond acceptors (Lipinski definition) is 11. The van der Waals surface area contributed by atoms with Gasteiger partial charge in [0, 0.05) is 35.3 Å². The summed E-state index contributed by atoms with van der Waals surface area (Å²) >= 11 is 0. The monoisotopic (exact) mass is 735 g/mol. The van der Waals surface area contributed by atoms with Gasteiger partial charge in [-0.3, -0.25) is 4.79 Å². The molecule has 5 aliphatic rings. The van der Waals surface area contributed by atoms with Crippen LogP contribution in [0.4, 0.5) is 0 Å². The maximum absolute atomic E-state index is 14.1. The van der Waals surface area contributed by atoms with E-state index in [1.165, 1.54) is 0 Å². The average Bonchev–Trinajstić information content (AvgIpc) is 3.14. The molecule has 7 rings (SSSR count). The Labute approximate surface area is 310 Å². The standard InChI is InChI=1S/C41H53NO11/c1-23-26(52-37(47)32(44)30(24-13-7-5-8-14-24)42-36(46)25-15-9-6-10-16-25)21-41(49)35(53-28-17-11-12-20-50-28)33-39(4,19-18-27-40(33,48)22-51-27)34(45)31(43)29(23)38(41,2)3/h5-10,13-16,26-28,30-35,43-45,48-49H,11-12,17-22H2,1-4H3,(H,42,46)/t26-,27+,28?,30-,31+,32+,33-,34-,35-,39+,40-,41+/m0/s1. The maximum atomic E-state index is 14.1. The largest absolute Gasteiger partial charge is 0.456 e. The third-order valence-corrected chi connectivity index (χ3v) is 13.2. The van der Waals surface area contributed by atoms with E-state index in [1.807, 2.05) is 6.92 Å². The number of aliphatic hydroxyl groups excluding tert-OH is 3. The fourth-order valence-electron chi connectivity index (χ4n) is 10.0. The van der Waals surface area contributed by atoms with E-state index in [4.69, 9.17) is 18.9 Å². The third kappa shape index (κ3) is 6.25. The van der Waals surface area contributed by atoms with Crippen LogP contribution in [0.15, 0.2) is 71.8 Å². The first-order valence-electron chi connectivity index (χ1n) is 18.8. The highest BCUT2D eigenvalue weighted by Gasteiger charge is 2.73. The molecule has 4 fully saturated rings. The van der Waals surface area contributed by atoms with Crippen molar-refractivity contribution < 1.29 is 54.1 Å². The predicted octanol–water partition coefficient (Wildman–Crippen LogP) is 3.10. The second kappa shape index (κ2) is 14.1. The van der Waals surface area contributed by atoms with E-state index >= 15 is 0 Å². The minimum Gasteiger partial charge on any atom is -0.456 e. The number of nitrogens with one attached hydrogen (secondary N) is 1. The highest BCUT2D eigenvalue weighted by atomic mass is 16.7. The number of esters is 1. The first-order chi connectivity index (χ1) is 25.1. The molecule has 2 bridgehead atoms. The highest BCUT2D eigenvalue weighted by Crippen LogP contribution is 2.64. The number of rotatable bonds is 8. The molecular formula is C41H53NO11. The van der Waals surface area contributed by atoms with Gasteiger partial charge in [0.15, 0.2) is 12.4 Å². The zero-order valence-corrected chi connectivity index (χ0v) is 30.8. The Kier molecular flexibility index (Phi) is 10.2. The number of hydrogen-bond donors (Lipinski definition) is 6. The average molecular weight is 736 g/mol. The smallest absolute Gasteiger partial charge is 0.338 e. The summed E-state index contributed by atoms with van der Waals surface area (Å²) in [4.78, 5) is 27.3. The molecule has 3 aliphatic carbocycles. The van der Waals surface area contributed by atoms with Crippen LogP contribution in [0.2, 0.25) is 0 Å². The molecule has 2 aromatic carbocycles. The van der Waals surface area contributed by atoms with Gasteiger partial charge in [0.1, 0.15) is 23.4 Å². The topological polar surface area (TPSA) is 184 Å². The molecule has 12 heteroatoms. The number of amides is 1. The van der Waals surface area contributed by atoms with Crippen LogP contribution >= 0.6 is 0 Å². The second-order valence-corrected chi connectivity index (χ2v) is 16.5. The van der Waals surface area contributed by atoms with E-state index in [0.717, 1.165) is 12.8 Å². The lowest BCUT2D eigenvalue weighted by Crippen LogP contribution is -2.79. The number of ether oxygens (including phenoxy) is 4. The summed E-state index contributed by atoms with van der Waals surface area (Å²) in [6.07, 6.45) is -5.53. The van der Waals surface area contributed by atoms with Crippen molar-refractivity contribution in [3.63, 3.8) is 0 Å². The van der Waals surface area contributed by atoms with Gasteiger partial charge in [-0.25, -0.2) is 4.79 Å². The molecule has 12 atom stereocenters. The molecule has 53 heavy (non-hydrogen) atoms. The van der Waals surface area contributed by atoms with E-state index in [0.29, 0.717) is 48.1 Å². The van der Waals surface area contributed by atoms with Gasteiger partial charge in [-0.15, -0.1) is 0 Å². The van der Waals surface area contributed by atoms with Crippen molar-refractivity contribution in [1.82, 2.24) is 5.32 Å². The summed E-state index contributed by atoms with van der Waals surface area (Å²) < 4.78 is 24.8. The second-order valence-electron chi connectivity index (χ2n) is 16.5. The summed E-state index contributed by atoms with van der Waals surface area (Å²) in [5.41, 5.74) is -4.28. The number of aliphatic hydroxyl groups is 5. The van der Waals surface area contributed by atoms with E-state index in [1.54, 1.807) is 81.4 Å². The van der Waals surface area contributed by atoms with Gasteiger partial charge in [-0.1, -0.05) is 69.3 Å². The van der Waals surface area contributed by atoms with Crippen molar-refractivity contribution in [3.05, 3.63) is 82.9 Å². The SMILES string of the molecule is CC1=C2[C@@H](O)[C@H](O)[C@]3(C)CC[C@H]4OC[C@@]4(O)[C@H]3[C@H](OC3CCCCO3)[C@](O)(C[C@@H]1OC(=O)[C@H](O)[C@@H](NC(=O)c1ccccc1)c1ccccc1)C2(C)C. The Morgan fingerprint density at radius 3 is 2.25 bits per heavy atom. The molecule has 2 saturated heterocycles. The highest BCUT2D eigenvalue weighted by molar-refractivity contribution is 5.95. The Morgan fingerprint density at radius 1 is 0.943 bits per heavy atom. The summed E-state index contributed by atoms with van der Waals surface area (Å²) in [5.74, 6) is -2.49. The number of fused-ring (bicyclic) bond motifs is 5. The molecule has 1 amide bonds. The number of benzene rings is 2. The van der Waals surface area contributed by atoms with Gasteiger partial charge in [0.25, 0.3) is 5.91 Å². The summed E-state index contributed by atoms with van der Waals surface area (Å²) in [7, 11) is 0. The zero-order valence-electron chi connectivity index (χ0n) is 30.8. The predicted molar refractivity (Wildman–Crippen MR) is 191 cm³/mol. The summed E-state index contributed by atoms with van der Waals surface area (Å²) in [6, 6.07) is 15.8. The molecule has 2 aliphatic heterocycles. The van der Waals surface area contributed by atoms with Crippen LogP contribution in [-0.4, -0.2) is 105 Å². The fraction of sp³-hybridized carbons (Fsp3) is 0.610. The normalized spacial score (nSPS) is 38.8. The molecule has 2 heterocycles.